The van der Waals surface area contributed by atoms with Gasteiger partial charge in [-0.1, -0.05) is 31.5 Å². The van der Waals surface area contributed by atoms with Crippen LogP contribution in [0.4, 0.5) is 0 Å². The average molecular weight is 321 g/mol. The van der Waals surface area contributed by atoms with Crippen molar-refractivity contribution in [2.24, 2.45) is 0 Å². The largest absolute Gasteiger partial charge is 0.350 e. The van der Waals surface area contributed by atoms with Crippen LogP contribution in [-0.4, -0.2) is 21.9 Å². The number of carbonyl (C=O) groups excluding carboxylic acids is 1. The molecule has 24 heavy (non-hydrogen) atoms. The maximum Gasteiger partial charge on any atom is 0.251 e. The van der Waals surface area contributed by atoms with E-state index in [2.05, 4.69) is 41.3 Å². The zero-order valence-electron chi connectivity index (χ0n) is 14.4. The SMILES string of the molecule is CCC[C@@H](C)NC(=O)c1ccc(-c2nc3ccc(C)cc3[nH]2)cc1. The Morgan fingerprint density at radius 3 is 2.67 bits per heavy atom. The van der Waals surface area contributed by atoms with Crippen molar-refractivity contribution < 1.29 is 4.79 Å². The third-order valence-corrected chi connectivity index (χ3v) is 4.16. The molecule has 0 aliphatic rings. The third-order valence-electron chi connectivity index (χ3n) is 4.16. The van der Waals surface area contributed by atoms with E-state index in [4.69, 9.17) is 0 Å². The van der Waals surface area contributed by atoms with Gasteiger partial charge in [0.25, 0.3) is 5.91 Å². The maximum absolute atomic E-state index is 12.2. The van der Waals surface area contributed by atoms with E-state index < -0.39 is 0 Å². The fourth-order valence-corrected chi connectivity index (χ4v) is 2.85. The van der Waals surface area contributed by atoms with E-state index in [1.165, 1.54) is 5.56 Å². The number of H-pyrrole nitrogens is 1. The molecule has 0 unspecified atom stereocenters. The van der Waals surface area contributed by atoms with Gasteiger partial charge in [-0.2, -0.15) is 0 Å². The van der Waals surface area contributed by atoms with Crippen molar-refractivity contribution in [3.63, 3.8) is 0 Å². The monoisotopic (exact) mass is 321 g/mol. The molecule has 4 nitrogen and oxygen atoms in total. The topological polar surface area (TPSA) is 57.8 Å². The van der Waals surface area contributed by atoms with Crippen molar-refractivity contribution in [2.45, 2.75) is 39.7 Å². The predicted molar refractivity (Wildman–Crippen MR) is 98.1 cm³/mol. The van der Waals surface area contributed by atoms with Gasteiger partial charge in [0.05, 0.1) is 11.0 Å². The molecule has 3 rings (SSSR count). The fourth-order valence-electron chi connectivity index (χ4n) is 2.85. The molecule has 0 saturated heterocycles. The summed E-state index contributed by atoms with van der Waals surface area (Å²) in [5, 5.41) is 3.02. The van der Waals surface area contributed by atoms with E-state index in [0.717, 1.165) is 35.3 Å². The molecule has 1 heterocycles. The van der Waals surface area contributed by atoms with Crippen LogP contribution in [-0.2, 0) is 0 Å². The minimum atomic E-state index is -0.0252. The van der Waals surface area contributed by atoms with Gasteiger partial charge < -0.3 is 10.3 Å². The minimum Gasteiger partial charge on any atom is -0.350 e. The van der Waals surface area contributed by atoms with Gasteiger partial charge in [0.1, 0.15) is 5.82 Å². The molecule has 1 amide bonds. The Kier molecular flexibility index (Phi) is 4.65. The van der Waals surface area contributed by atoms with Crippen LogP contribution >= 0.6 is 0 Å². The number of amides is 1. The lowest BCUT2D eigenvalue weighted by Gasteiger charge is -2.12. The number of aryl methyl sites for hydroxylation is 1. The molecule has 0 aliphatic heterocycles. The molecule has 0 bridgehead atoms. The maximum atomic E-state index is 12.2. The summed E-state index contributed by atoms with van der Waals surface area (Å²) >= 11 is 0. The van der Waals surface area contributed by atoms with E-state index in [9.17, 15) is 4.79 Å². The van der Waals surface area contributed by atoms with Crippen LogP contribution < -0.4 is 5.32 Å². The number of fused-ring (bicyclic) bond motifs is 1. The highest BCUT2D eigenvalue weighted by Crippen LogP contribution is 2.21. The number of aromatic nitrogens is 2. The van der Waals surface area contributed by atoms with Crippen molar-refractivity contribution in [3.8, 4) is 11.4 Å². The van der Waals surface area contributed by atoms with E-state index in [1.54, 1.807) is 0 Å². The molecule has 3 aromatic rings. The summed E-state index contributed by atoms with van der Waals surface area (Å²) in [6.07, 6.45) is 2.05. The predicted octanol–water partition coefficient (Wildman–Crippen LogP) is 4.46. The van der Waals surface area contributed by atoms with Crippen LogP contribution in [0.1, 0.15) is 42.6 Å². The van der Waals surface area contributed by atoms with Crippen molar-refractivity contribution in [2.75, 3.05) is 0 Å². The molecule has 0 radical (unpaired) electrons. The highest BCUT2D eigenvalue weighted by molar-refractivity contribution is 5.94. The number of imidazole rings is 1. The Hall–Kier alpha value is -2.62. The van der Waals surface area contributed by atoms with E-state index in [-0.39, 0.29) is 11.9 Å². The molecule has 4 heteroatoms. The van der Waals surface area contributed by atoms with Crippen LogP contribution in [0.5, 0.6) is 0 Å². The second-order valence-corrected chi connectivity index (χ2v) is 6.35. The Labute approximate surface area is 142 Å². The van der Waals surface area contributed by atoms with Gasteiger partial charge in [-0.05, 0) is 50.1 Å². The Bertz CT molecular complexity index is 849. The van der Waals surface area contributed by atoms with Crippen LogP contribution in [0.3, 0.4) is 0 Å². The lowest BCUT2D eigenvalue weighted by Crippen LogP contribution is -2.32. The van der Waals surface area contributed by atoms with E-state index >= 15 is 0 Å². The third kappa shape index (κ3) is 3.48. The molecular formula is C20H23N3O. The number of hydrogen-bond acceptors (Lipinski definition) is 2. The van der Waals surface area contributed by atoms with Gasteiger partial charge in [0, 0.05) is 17.2 Å². The molecule has 1 aromatic heterocycles. The zero-order chi connectivity index (χ0) is 17.1. The van der Waals surface area contributed by atoms with Crippen LogP contribution in [0.25, 0.3) is 22.4 Å². The number of nitrogens with zero attached hydrogens (tertiary/aromatic N) is 1. The Balaban J connectivity index is 1.79. The highest BCUT2D eigenvalue weighted by atomic mass is 16.1. The number of rotatable bonds is 5. The fraction of sp³-hybridized carbons (Fsp3) is 0.300. The number of aromatic amines is 1. The second-order valence-electron chi connectivity index (χ2n) is 6.35. The van der Waals surface area contributed by atoms with Crippen LogP contribution in [0, 0.1) is 6.92 Å². The first kappa shape index (κ1) is 16.2. The smallest absolute Gasteiger partial charge is 0.251 e. The molecule has 0 aliphatic carbocycles. The summed E-state index contributed by atoms with van der Waals surface area (Å²) in [7, 11) is 0. The molecule has 0 spiro atoms. The minimum absolute atomic E-state index is 0.0252. The zero-order valence-corrected chi connectivity index (χ0v) is 14.4. The summed E-state index contributed by atoms with van der Waals surface area (Å²) in [6.45, 7) is 6.21. The van der Waals surface area contributed by atoms with Crippen molar-refractivity contribution in [1.82, 2.24) is 15.3 Å². The number of hydrogen-bond donors (Lipinski definition) is 2. The quantitative estimate of drug-likeness (QED) is 0.729. The molecule has 124 valence electrons. The van der Waals surface area contributed by atoms with Gasteiger partial charge in [-0.3, -0.25) is 4.79 Å². The first-order chi connectivity index (χ1) is 11.6. The molecule has 2 aromatic carbocycles. The van der Waals surface area contributed by atoms with Crippen molar-refractivity contribution >= 4 is 16.9 Å². The highest BCUT2D eigenvalue weighted by Gasteiger charge is 2.10. The Morgan fingerprint density at radius 1 is 1.21 bits per heavy atom. The first-order valence-corrected chi connectivity index (χ1v) is 8.44. The lowest BCUT2D eigenvalue weighted by molar-refractivity contribution is 0.0938. The summed E-state index contributed by atoms with van der Waals surface area (Å²) in [5.74, 6) is 0.796. The Morgan fingerprint density at radius 2 is 1.96 bits per heavy atom. The summed E-state index contributed by atoms with van der Waals surface area (Å²) in [6, 6.07) is 13.9. The molecule has 2 N–H and O–H groups in total. The average Bonchev–Trinajstić information content (AvgIpc) is 2.98. The molecule has 0 saturated carbocycles. The van der Waals surface area contributed by atoms with E-state index in [0.29, 0.717) is 5.56 Å². The summed E-state index contributed by atoms with van der Waals surface area (Å²) < 4.78 is 0. The number of carbonyl (C=O) groups is 1. The molecule has 0 fully saturated rings. The van der Waals surface area contributed by atoms with Gasteiger partial charge in [0.2, 0.25) is 0 Å². The van der Waals surface area contributed by atoms with Gasteiger partial charge in [0.15, 0.2) is 0 Å². The number of benzene rings is 2. The number of nitrogens with one attached hydrogen (secondary N) is 2. The van der Waals surface area contributed by atoms with E-state index in [1.807, 2.05) is 37.3 Å². The van der Waals surface area contributed by atoms with Crippen molar-refractivity contribution in [1.29, 1.82) is 0 Å². The standard InChI is InChI=1S/C20H23N3O/c1-4-5-14(3)21-20(24)16-9-7-15(8-10-16)19-22-17-11-6-13(2)12-18(17)23-19/h6-12,14H,4-5H2,1-3H3,(H,21,24)(H,22,23)/t14-/m1/s1. The van der Waals surface area contributed by atoms with Gasteiger partial charge in [-0.25, -0.2) is 4.98 Å². The lowest BCUT2D eigenvalue weighted by atomic mass is 10.1. The van der Waals surface area contributed by atoms with Gasteiger partial charge >= 0.3 is 0 Å². The molecular weight excluding hydrogens is 298 g/mol. The normalized spacial score (nSPS) is 12.3. The van der Waals surface area contributed by atoms with Gasteiger partial charge in [-0.15, -0.1) is 0 Å². The summed E-state index contributed by atoms with van der Waals surface area (Å²) in [5.41, 5.74) is 4.83. The van der Waals surface area contributed by atoms with Crippen molar-refractivity contribution in [3.05, 3.63) is 53.6 Å². The van der Waals surface area contributed by atoms with Crippen LogP contribution in [0.15, 0.2) is 42.5 Å². The first-order valence-electron chi connectivity index (χ1n) is 8.44. The molecule has 1 atom stereocenters. The second kappa shape index (κ2) is 6.87. The summed E-state index contributed by atoms with van der Waals surface area (Å²) in [4.78, 5) is 20.2. The van der Waals surface area contributed by atoms with Crippen LogP contribution in [0.2, 0.25) is 0 Å².